The molecule has 0 heterocycles. The van der Waals surface area contributed by atoms with Crippen molar-refractivity contribution in [3.05, 3.63) is 34.1 Å². The van der Waals surface area contributed by atoms with Crippen LogP contribution in [0.3, 0.4) is 0 Å². The molecule has 0 aliphatic carbocycles. The molecule has 0 fully saturated rings. The Morgan fingerprint density at radius 2 is 2.33 bits per heavy atom. The molecule has 3 nitrogen and oxygen atoms in total. The molecular formula is C10H8BrFN2O. The molecule has 78 valence electrons. The molecule has 1 rings (SSSR count). The summed E-state index contributed by atoms with van der Waals surface area (Å²) in [5.74, 6) is -0.969. The molecular weight excluding hydrogens is 263 g/mol. The first-order valence-electron chi connectivity index (χ1n) is 4.20. The summed E-state index contributed by atoms with van der Waals surface area (Å²) in [4.78, 5) is 11.5. The number of rotatable bonds is 2. The fourth-order valence-corrected chi connectivity index (χ4v) is 1.40. The van der Waals surface area contributed by atoms with Gasteiger partial charge in [-0.05, 0) is 41.1 Å². The fourth-order valence-electron chi connectivity index (χ4n) is 0.978. The Bertz CT molecular complexity index is 428. The van der Waals surface area contributed by atoms with Crippen molar-refractivity contribution in [2.24, 2.45) is 0 Å². The number of carbonyl (C=O) groups excluding carboxylic acids is 1. The van der Waals surface area contributed by atoms with Crippen molar-refractivity contribution in [2.45, 2.75) is 13.0 Å². The molecule has 1 atom stereocenters. The normalized spacial score (nSPS) is 11.6. The van der Waals surface area contributed by atoms with Crippen molar-refractivity contribution in [1.82, 2.24) is 5.32 Å². The molecule has 0 aliphatic rings. The molecule has 1 unspecified atom stereocenters. The monoisotopic (exact) mass is 270 g/mol. The second kappa shape index (κ2) is 4.89. The summed E-state index contributed by atoms with van der Waals surface area (Å²) in [6.07, 6.45) is 0. The molecule has 0 spiro atoms. The van der Waals surface area contributed by atoms with Crippen LogP contribution in [0, 0.1) is 17.1 Å². The van der Waals surface area contributed by atoms with E-state index in [9.17, 15) is 9.18 Å². The maximum absolute atomic E-state index is 12.9. The van der Waals surface area contributed by atoms with Crippen molar-refractivity contribution in [1.29, 1.82) is 5.26 Å². The summed E-state index contributed by atoms with van der Waals surface area (Å²) in [6, 6.07) is 5.06. The van der Waals surface area contributed by atoms with Crippen LogP contribution in [0.2, 0.25) is 0 Å². The molecule has 0 aliphatic heterocycles. The standard InChI is InChI=1S/C10H8BrFN2O/c1-6(5-13)14-10(15)8-4-7(12)2-3-9(8)11/h2-4,6H,1H3,(H,14,15). The SMILES string of the molecule is CC(C#N)NC(=O)c1cc(F)ccc1Br. The predicted molar refractivity (Wildman–Crippen MR) is 56.6 cm³/mol. The Hall–Kier alpha value is -1.41. The van der Waals surface area contributed by atoms with Crippen LogP contribution in [0.5, 0.6) is 0 Å². The van der Waals surface area contributed by atoms with Gasteiger partial charge in [-0.2, -0.15) is 5.26 Å². The number of nitrogens with zero attached hydrogens (tertiary/aromatic N) is 1. The lowest BCUT2D eigenvalue weighted by Gasteiger charge is -2.07. The number of carbonyl (C=O) groups is 1. The fraction of sp³-hybridized carbons (Fsp3) is 0.200. The number of halogens is 2. The van der Waals surface area contributed by atoms with E-state index in [-0.39, 0.29) is 5.56 Å². The molecule has 1 aromatic carbocycles. The first-order chi connectivity index (χ1) is 7.04. The van der Waals surface area contributed by atoms with Gasteiger partial charge in [-0.1, -0.05) is 0 Å². The summed E-state index contributed by atoms with van der Waals surface area (Å²) in [7, 11) is 0. The van der Waals surface area contributed by atoms with E-state index in [1.165, 1.54) is 12.1 Å². The highest BCUT2D eigenvalue weighted by Gasteiger charge is 2.12. The Kier molecular flexibility index (Phi) is 3.81. The van der Waals surface area contributed by atoms with Gasteiger partial charge in [0.1, 0.15) is 11.9 Å². The van der Waals surface area contributed by atoms with Crippen molar-refractivity contribution in [3.63, 3.8) is 0 Å². The van der Waals surface area contributed by atoms with E-state index in [1.54, 1.807) is 6.92 Å². The van der Waals surface area contributed by atoms with E-state index in [1.807, 2.05) is 6.07 Å². The molecule has 0 saturated carbocycles. The van der Waals surface area contributed by atoms with Gasteiger partial charge in [0.05, 0.1) is 11.6 Å². The van der Waals surface area contributed by atoms with Crippen molar-refractivity contribution in [3.8, 4) is 6.07 Å². The van der Waals surface area contributed by atoms with Crippen LogP contribution in [-0.2, 0) is 0 Å². The van der Waals surface area contributed by atoms with E-state index < -0.39 is 17.8 Å². The number of benzene rings is 1. The number of nitriles is 1. The van der Waals surface area contributed by atoms with E-state index in [2.05, 4.69) is 21.2 Å². The number of nitrogens with one attached hydrogen (secondary N) is 1. The zero-order chi connectivity index (χ0) is 11.4. The third kappa shape index (κ3) is 3.03. The van der Waals surface area contributed by atoms with Crippen LogP contribution >= 0.6 is 15.9 Å². The highest BCUT2D eigenvalue weighted by molar-refractivity contribution is 9.10. The van der Waals surface area contributed by atoms with Gasteiger partial charge in [-0.25, -0.2) is 4.39 Å². The van der Waals surface area contributed by atoms with E-state index in [4.69, 9.17) is 5.26 Å². The molecule has 1 amide bonds. The Morgan fingerprint density at radius 3 is 2.93 bits per heavy atom. The van der Waals surface area contributed by atoms with E-state index in [0.717, 1.165) is 6.07 Å². The first-order valence-corrected chi connectivity index (χ1v) is 4.99. The van der Waals surface area contributed by atoms with Gasteiger partial charge in [0.15, 0.2) is 0 Å². The number of hydrogen-bond donors (Lipinski definition) is 1. The second-order valence-corrected chi connectivity index (χ2v) is 3.80. The van der Waals surface area contributed by atoms with Crippen molar-refractivity contribution >= 4 is 21.8 Å². The van der Waals surface area contributed by atoms with E-state index in [0.29, 0.717) is 4.47 Å². The molecule has 0 saturated heterocycles. The van der Waals surface area contributed by atoms with Gasteiger partial charge in [-0.3, -0.25) is 4.79 Å². The summed E-state index contributed by atoms with van der Waals surface area (Å²) in [5.41, 5.74) is 0.178. The largest absolute Gasteiger partial charge is 0.336 e. The molecule has 1 aromatic rings. The summed E-state index contributed by atoms with van der Waals surface area (Å²) in [5, 5.41) is 10.9. The van der Waals surface area contributed by atoms with Gasteiger partial charge in [0.25, 0.3) is 5.91 Å². The van der Waals surface area contributed by atoms with Crippen LogP contribution < -0.4 is 5.32 Å². The minimum atomic E-state index is -0.604. The van der Waals surface area contributed by atoms with E-state index >= 15 is 0 Å². The maximum Gasteiger partial charge on any atom is 0.253 e. The average Bonchev–Trinajstić information content (AvgIpc) is 2.21. The topological polar surface area (TPSA) is 52.9 Å². The van der Waals surface area contributed by atoms with Gasteiger partial charge in [0, 0.05) is 4.47 Å². The second-order valence-electron chi connectivity index (χ2n) is 2.95. The Balaban J connectivity index is 2.92. The predicted octanol–water partition coefficient (Wildman–Crippen LogP) is 2.23. The molecule has 0 aromatic heterocycles. The van der Waals surface area contributed by atoms with Gasteiger partial charge < -0.3 is 5.32 Å². The minimum Gasteiger partial charge on any atom is -0.336 e. The zero-order valence-electron chi connectivity index (χ0n) is 7.92. The highest BCUT2D eigenvalue weighted by atomic mass is 79.9. The minimum absolute atomic E-state index is 0.178. The summed E-state index contributed by atoms with van der Waals surface area (Å²) < 4.78 is 13.4. The van der Waals surface area contributed by atoms with Crippen molar-refractivity contribution in [2.75, 3.05) is 0 Å². The summed E-state index contributed by atoms with van der Waals surface area (Å²) in [6.45, 7) is 1.55. The van der Waals surface area contributed by atoms with Crippen LogP contribution in [0.1, 0.15) is 17.3 Å². The smallest absolute Gasteiger partial charge is 0.253 e. The average molecular weight is 271 g/mol. The third-order valence-electron chi connectivity index (χ3n) is 1.71. The van der Waals surface area contributed by atoms with Gasteiger partial charge in [0.2, 0.25) is 0 Å². The Morgan fingerprint density at radius 1 is 1.67 bits per heavy atom. The van der Waals surface area contributed by atoms with Crippen LogP contribution in [0.4, 0.5) is 4.39 Å². The van der Waals surface area contributed by atoms with Gasteiger partial charge in [-0.15, -0.1) is 0 Å². The third-order valence-corrected chi connectivity index (χ3v) is 2.41. The lowest BCUT2D eigenvalue weighted by atomic mass is 10.2. The lowest BCUT2D eigenvalue weighted by Crippen LogP contribution is -2.31. The number of hydrogen-bond acceptors (Lipinski definition) is 2. The molecule has 5 heteroatoms. The van der Waals surface area contributed by atoms with Crippen molar-refractivity contribution < 1.29 is 9.18 Å². The number of amides is 1. The highest BCUT2D eigenvalue weighted by Crippen LogP contribution is 2.17. The summed E-state index contributed by atoms with van der Waals surface area (Å²) >= 11 is 3.13. The molecule has 15 heavy (non-hydrogen) atoms. The molecule has 0 radical (unpaired) electrons. The molecule has 0 bridgehead atoms. The van der Waals surface area contributed by atoms with Gasteiger partial charge >= 0.3 is 0 Å². The lowest BCUT2D eigenvalue weighted by molar-refractivity contribution is 0.0946. The van der Waals surface area contributed by atoms with Crippen LogP contribution in [0.25, 0.3) is 0 Å². The van der Waals surface area contributed by atoms with Crippen LogP contribution in [0.15, 0.2) is 22.7 Å². The quantitative estimate of drug-likeness (QED) is 0.896. The zero-order valence-corrected chi connectivity index (χ0v) is 9.51. The van der Waals surface area contributed by atoms with Crippen LogP contribution in [-0.4, -0.2) is 11.9 Å². The first kappa shape index (κ1) is 11.7. The molecule has 1 N–H and O–H groups in total. The maximum atomic E-state index is 12.9. The Labute approximate surface area is 95.0 Å².